The number of hydrogen-bond acceptors (Lipinski definition) is 2. The zero-order chi connectivity index (χ0) is 14.1. The molecule has 0 aliphatic rings. The summed E-state index contributed by atoms with van der Waals surface area (Å²) in [4.78, 5) is 10.9. The van der Waals surface area contributed by atoms with Crippen LogP contribution in [-0.2, 0) is 11.0 Å². The first-order chi connectivity index (χ1) is 8.04. The minimum atomic E-state index is -4.50. The highest BCUT2D eigenvalue weighted by atomic mass is 79.9. The molecule has 1 aromatic rings. The highest BCUT2D eigenvalue weighted by Crippen LogP contribution is 2.42. The summed E-state index contributed by atoms with van der Waals surface area (Å²) in [6, 6.07) is 3.49. The monoisotopic (exact) mass is 342 g/mol. The second-order valence-electron chi connectivity index (χ2n) is 4.06. The minimum absolute atomic E-state index is 0.107. The number of benzene rings is 1. The Kier molecular flexibility index (Phi) is 4.38. The van der Waals surface area contributed by atoms with Gasteiger partial charge < -0.3 is 5.11 Å². The zero-order valence-electron chi connectivity index (χ0n) is 9.51. The van der Waals surface area contributed by atoms with Crippen molar-refractivity contribution in [1.82, 2.24) is 0 Å². The quantitative estimate of drug-likeness (QED) is 0.826. The molecule has 0 unspecified atom stereocenters. The van der Waals surface area contributed by atoms with Crippen LogP contribution in [0.15, 0.2) is 27.6 Å². The summed E-state index contributed by atoms with van der Waals surface area (Å²) in [5, 5.41) is 8.95. The fourth-order valence-electron chi connectivity index (χ4n) is 1.13. The molecule has 1 aromatic carbocycles. The number of carboxylic acid groups (broad SMARTS) is 1. The molecule has 0 fully saturated rings. The van der Waals surface area contributed by atoms with Crippen LogP contribution in [0.2, 0.25) is 0 Å². The summed E-state index contributed by atoms with van der Waals surface area (Å²) >= 11 is 3.75. The van der Waals surface area contributed by atoms with Gasteiger partial charge in [0.05, 0.1) is 5.56 Å². The van der Waals surface area contributed by atoms with E-state index in [1.54, 1.807) is 0 Å². The maximum absolute atomic E-state index is 12.8. The van der Waals surface area contributed by atoms with Crippen LogP contribution in [0.25, 0.3) is 0 Å². The average Bonchev–Trinajstić information content (AvgIpc) is 2.14. The van der Waals surface area contributed by atoms with Crippen molar-refractivity contribution in [3.63, 3.8) is 0 Å². The third kappa shape index (κ3) is 3.65. The van der Waals surface area contributed by atoms with Crippen LogP contribution in [0.1, 0.15) is 19.4 Å². The molecule has 1 N–H and O–H groups in total. The van der Waals surface area contributed by atoms with Gasteiger partial charge in [-0.25, -0.2) is 0 Å². The summed E-state index contributed by atoms with van der Waals surface area (Å²) < 4.78 is 37.5. The zero-order valence-corrected chi connectivity index (χ0v) is 11.9. The minimum Gasteiger partial charge on any atom is -0.480 e. The van der Waals surface area contributed by atoms with Gasteiger partial charge in [0.2, 0.25) is 0 Å². The van der Waals surface area contributed by atoms with Crippen LogP contribution in [0.3, 0.4) is 0 Å². The number of carbonyl (C=O) groups is 1. The molecule has 0 saturated carbocycles. The van der Waals surface area contributed by atoms with Gasteiger partial charge in [-0.2, -0.15) is 13.2 Å². The molecule has 0 aromatic heterocycles. The maximum Gasteiger partial charge on any atom is 0.417 e. The molecule has 1 rings (SSSR count). The molecule has 0 saturated heterocycles. The molecule has 0 heterocycles. The van der Waals surface area contributed by atoms with Crippen molar-refractivity contribution in [1.29, 1.82) is 0 Å². The van der Waals surface area contributed by atoms with Gasteiger partial charge in [-0.05, 0) is 32.0 Å². The fraction of sp³-hybridized carbons (Fsp3) is 0.364. The van der Waals surface area contributed by atoms with E-state index in [1.165, 1.54) is 26.0 Å². The van der Waals surface area contributed by atoms with Gasteiger partial charge in [-0.15, -0.1) is 11.8 Å². The summed E-state index contributed by atoms with van der Waals surface area (Å²) in [6.45, 7) is 2.72. The lowest BCUT2D eigenvalue weighted by molar-refractivity contribution is -0.141. The van der Waals surface area contributed by atoms with Crippen LogP contribution in [0.5, 0.6) is 0 Å². The molecule has 0 bridgehead atoms. The summed E-state index contributed by atoms with van der Waals surface area (Å²) in [5.41, 5.74) is -0.829. The van der Waals surface area contributed by atoms with Crippen LogP contribution < -0.4 is 0 Å². The van der Waals surface area contributed by atoms with E-state index in [9.17, 15) is 18.0 Å². The van der Waals surface area contributed by atoms with Crippen molar-refractivity contribution in [2.45, 2.75) is 29.7 Å². The molecule has 100 valence electrons. The number of halogens is 4. The molecule has 0 aliphatic heterocycles. The number of thioether (sulfide) groups is 1. The first kappa shape index (κ1) is 15.4. The number of aliphatic carboxylic acids is 1. The molecule has 0 radical (unpaired) electrons. The van der Waals surface area contributed by atoms with E-state index in [1.807, 2.05) is 0 Å². The molecule has 7 heteroatoms. The molecule has 0 spiro atoms. The first-order valence-corrected chi connectivity index (χ1v) is 6.44. The summed E-state index contributed by atoms with van der Waals surface area (Å²) in [5.74, 6) is -1.17. The van der Waals surface area contributed by atoms with Crippen molar-refractivity contribution in [2.75, 3.05) is 0 Å². The smallest absolute Gasteiger partial charge is 0.417 e. The Morgan fingerprint density at radius 2 is 1.89 bits per heavy atom. The number of carboxylic acids is 1. The van der Waals surface area contributed by atoms with E-state index in [2.05, 4.69) is 15.9 Å². The Morgan fingerprint density at radius 3 is 2.33 bits per heavy atom. The largest absolute Gasteiger partial charge is 0.480 e. The average molecular weight is 343 g/mol. The van der Waals surface area contributed by atoms with Crippen LogP contribution in [0, 0.1) is 0 Å². The molecule has 18 heavy (non-hydrogen) atoms. The van der Waals surface area contributed by atoms with Crippen molar-refractivity contribution < 1.29 is 23.1 Å². The lowest BCUT2D eigenvalue weighted by atomic mass is 10.2. The fourth-order valence-corrected chi connectivity index (χ4v) is 2.76. The van der Waals surface area contributed by atoms with Crippen molar-refractivity contribution >= 4 is 33.7 Å². The summed E-state index contributed by atoms with van der Waals surface area (Å²) in [6.07, 6.45) is -4.50. The van der Waals surface area contributed by atoms with Gasteiger partial charge in [-0.3, -0.25) is 4.79 Å². The SMILES string of the molecule is CC(C)(Sc1cc(Br)ccc1C(F)(F)F)C(=O)O. The Bertz CT molecular complexity index is 472. The molecule has 0 aliphatic carbocycles. The van der Waals surface area contributed by atoms with Gasteiger partial charge in [-0.1, -0.05) is 15.9 Å². The second kappa shape index (κ2) is 5.13. The van der Waals surface area contributed by atoms with E-state index >= 15 is 0 Å². The number of hydrogen-bond donors (Lipinski definition) is 1. The Labute approximate surface area is 115 Å². The van der Waals surface area contributed by atoms with Gasteiger partial charge in [0, 0.05) is 9.37 Å². The Hall–Kier alpha value is -0.690. The van der Waals surface area contributed by atoms with Crippen molar-refractivity contribution in [3.05, 3.63) is 28.2 Å². The summed E-state index contributed by atoms with van der Waals surface area (Å²) in [7, 11) is 0. The lowest BCUT2D eigenvalue weighted by Crippen LogP contribution is -2.27. The molecular weight excluding hydrogens is 333 g/mol. The normalized spacial score (nSPS) is 12.6. The molecule has 2 nitrogen and oxygen atoms in total. The topological polar surface area (TPSA) is 37.3 Å². The van der Waals surface area contributed by atoms with E-state index in [-0.39, 0.29) is 4.90 Å². The van der Waals surface area contributed by atoms with Crippen LogP contribution in [-0.4, -0.2) is 15.8 Å². The third-order valence-corrected chi connectivity index (χ3v) is 3.87. The van der Waals surface area contributed by atoms with E-state index in [0.29, 0.717) is 16.2 Å². The van der Waals surface area contributed by atoms with Crippen molar-refractivity contribution in [2.24, 2.45) is 0 Å². The highest BCUT2D eigenvalue weighted by molar-refractivity contribution is 9.10. The maximum atomic E-state index is 12.8. The molecular formula is C11H10BrF3O2S. The highest BCUT2D eigenvalue weighted by Gasteiger charge is 2.37. The lowest BCUT2D eigenvalue weighted by Gasteiger charge is -2.21. The second-order valence-corrected chi connectivity index (χ2v) is 6.64. The van der Waals surface area contributed by atoms with Crippen molar-refractivity contribution in [3.8, 4) is 0 Å². The predicted octanol–water partition coefficient (Wildman–Crippen LogP) is 4.42. The Morgan fingerprint density at radius 1 is 1.33 bits per heavy atom. The first-order valence-electron chi connectivity index (χ1n) is 4.83. The van der Waals surface area contributed by atoms with Crippen LogP contribution >= 0.6 is 27.7 Å². The van der Waals surface area contributed by atoms with E-state index in [4.69, 9.17) is 5.11 Å². The number of rotatable bonds is 3. The Balaban J connectivity index is 3.23. The van der Waals surface area contributed by atoms with E-state index in [0.717, 1.165) is 6.07 Å². The van der Waals surface area contributed by atoms with Crippen LogP contribution in [0.4, 0.5) is 13.2 Å². The van der Waals surface area contributed by atoms with Gasteiger partial charge in [0.25, 0.3) is 0 Å². The van der Waals surface area contributed by atoms with Gasteiger partial charge in [0.1, 0.15) is 4.75 Å². The standard InChI is InChI=1S/C11H10BrF3O2S/c1-10(2,9(16)17)18-8-5-6(12)3-4-7(8)11(13,14)15/h3-5H,1-2H3,(H,16,17). The molecule has 0 amide bonds. The van der Waals surface area contributed by atoms with Gasteiger partial charge >= 0.3 is 12.1 Å². The molecule has 0 atom stereocenters. The predicted molar refractivity (Wildman–Crippen MR) is 66.7 cm³/mol. The van der Waals surface area contributed by atoms with Gasteiger partial charge in [0.15, 0.2) is 0 Å². The van der Waals surface area contributed by atoms with E-state index < -0.39 is 22.5 Å². The number of alkyl halides is 3. The third-order valence-electron chi connectivity index (χ3n) is 2.13.